The Morgan fingerprint density at radius 3 is 2.56 bits per heavy atom. The summed E-state index contributed by atoms with van der Waals surface area (Å²) in [5.74, 6) is -0.517. The Morgan fingerprint density at radius 1 is 1.28 bits per heavy atom. The van der Waals surface area contributed by atoms with Crippen molar-refractivity contribution in [3.8, 4) is 0 Å². The number of aryl methyl sites for hydroxylation is 1. The highest BCUT2D eigenvalue weighted by Crippen LogP contribution is 2.38. The molecular weight excluding hydrogens is 489 g/mol. The number of sulfonamides is 1. The number of hydrogen-bond acceptors (Lipinski definition) is 9. The Morgan fingerprint density at radius 2 is 1.97 bits per heavy atom. The molecule has 0 spiro atoms. The number of rotatable bonds is 9. The summed E-state index contributed by atoms with van der Waals surface area (Å²) in [4.78, 5) is 22.4. The van der Waals surface area contributed by atoms with Crippen molar-refractivity contribution >= 4 is 33.6 Å². The topological polar surface area (TPSA) is 133 Å². The van der Waals surface area contributed by atoms with Crippen LogP contribution >= 0.6 is 0 Å². The summed E-state index contributed by atoms with van der Waals surface area (Å²) >= 11 is 0. The average molecular weight is 524 g/mol. The van der Waals surface area contributed by atoms with E-state index >= 15 is 4.39 Å². The van der Waals surface area contributed by atoms with Gasteiger partial charge in [-0.2, -0.15) is 14.4 Å². The van der Waals surface area contributed by atoms with Gasteiger partial charge < -0.3 is 15.0 Å². The first-order chi connectivity index (χ1) is 17.1. The third-order valence-corrected chi connectivity index (χ3v) is 8.92. The van der Waals surface area contributed by atoms with Crippen molar-refractivity contribution in [2.45, 2.75) is 84.0 Å². The second-order valence-corrected chi connectivity index (χ2v) is 11.6. The van der Waals surface area contributed by atoms with Gasteiger partial charge in [-0.3, -0.25) is 9.89 Å². The Hall–Kier alpha value is -2.80. The van der Waals surface area contributed by atoms with Crippen LogP contribution in [0.3, 0.4) is 0 Å². The van der Waals surface area contributed by atoms with Gasteiger partial charge >= 0.3 is 5.97 Å². The van der Waals surface area contributed by atoms with Gasteiger partial charge in [0.25, 0.3) is 0 Å². The predicted octanol–water partition coefficient (Wildman–Crippen LogP) is 3.02. The van der Waals surface area contributed by atoms with E-state index in [1.165, 1.54) is 0 Å². The van der Waals surface area contributed by atoms with Crippen molar-refractivity contribution in [2.24, 2.45) is 0 Å². The van der Waals surface area contributed by atoms with Crippen molar-refractivity contribution in [1.29, 1.82) is 0 Å². The molecule has 3 atom stereocenters. The molecule has 11 nitrogen and oxygen atoms in total. The summed E-state index contributed by atoms with van der Waals surface area (Å²) in [6, 6.07) is 1.53. The number of anilines is 3. The Kier molecular flexibility index (Phi) is 7.79. The second kappa shape index (κ2) is 10.7. The lowest BCUT2D eigenvalue weighted by Crippen LogP contribution is -2.58. The number of aromatic nitrogens is 4. The first kappa shape index (κ1) is 26.3. The van der Waals surface area contributed by atoms with Crippen LogP contribution in [0.15, 0.2) is 6.07 Å². The van der Waals surface area contributed by atoms with Crippen molar-refractivity contribution in [2.75, 3.05) is 23.0 Å². The molecule has 4 rings (SSSR count). The number of ether oxygens (including phenoxy) is 1. The monoisotopic (exact) mass is 523 g/mol. The zero-order valence-corrected chi connectivity index (χ0v) is 21.9. The van der Waals surface area contributed by atoms with Crippen LogP contribution in [-0.4, -0.2) is 69.8 Å². The minimum atomic E-state index is -3.30. The molecule has 0 saturated carbocycles. The summed E-state index contributed by atoms with van der Waals surface area (Å²) < 4.78 is 47.7. The van der Waals surface area contributed by atoms with Crippen LogP contribution in [0.5, 0.6) is 0 Å². The molecule has 0 amide bonds. The number of halogens is 1. The van der Waals surface area contributed by atoms with Crippen LogP contribution in [0, 0.1) is 12.7 Å². The lowest BCUT2D eigenvalue weighted by atomic mass is 9.83. The highest BCUT2D eigenvalue weighted by molar-refractivity contribution is 7.89. The molecule has 2 aliphatic rings. The highest BCUT2D eigenvalue weighted by Gasteiger charge is 2.45. The third kappa shape index (κ3) is 5.46. The number of nitrogens with one attached hydrogen (secondary N) is 2. The van der Waals surface area contributed by atoms with Crippen molar-refractivity contribution in [1.82, 2.24) is 24.5 Å². The summed E-state index contributed by atoms with van der Waals surface area (Å²) in [6.07, 6.45) is 4.06. The first-order valence-corrected chi connectivity index (χ1v) is 14.0. The average Bonchev–Trinajstić information content (AvgIpc) is 3.27. The second-order valence-electron chi connectivity index (χ2n) is 9.41. The molecule has 4 heterocycles. The van der Waals surface area contributed by atoms with Gasteiger partial charge in [0.05, 0.1) is 5.75 Å². The van der Waals surface area contributed by atoms with Crippen LogP contribution < -0.4 is 10.2 Å². The van der Waals surface area contributed by atoms with E-state index in [2.05, 4.69) is 25.5 Å². The first-order valence-electron chi connectivity index (χ1n) is 12.4. The molecule has 2 bridgehead atoms. The SMILES string of the molecule is CCC(=O)OCc1nc(N(C)[C@@H]2C[C@H]3CCC[C@@H](C2)N3S(=O)(=O)CC)nc(Nc2cc(C)[nH]n2)c1F. The van der Waals surface area contributed by atoms with Crippen LogP contribution in [0.4, 0.5) is 22.0 Å². The molecular formula is C23H34FN7O4S. The fourth-order valence-electron chi connectivity index (χ4n) is 5.06. The summed E-state index contributed by atoms with van der Waals surface area (Å²) in [6.45, 7) is 4.84. The van der Waals surface area contributed by atoms with E-state index in [1.54, 1.807) is 24.2 Å². The minimum Gasteiger partial charge on any atom is -0.459 e. The number of aromatic amines is 1. The molecule has 2 aromatic rings. The molecule has 0 aromatic carbocycles. The normalized spacial score (nSPS) is 22.3. The molecule has 2 N–H and O–H groups in total. The van der Waals surface area contributed by atoms with Crippen LogP contribution in [0.1, 0.15) is 63.8 Å². The summed E-state index contributed by atoms with van der Waals surface area (Å²) in [5, 5.41) is 9.76. The van der Waals surface area contributed by atoms with E-state index in [0.717, 1.165) is 25.0 Å². The number of hydrogen-bond donors (Lipinski definition) is 2. The molecule has 36 heavy (non-hydrogen) atoms. The lowest BCUT2D eigenvalue weighted by Gasteiger charge is -2.49. The molecule has 2 saturated heterocycles. The van der Waals surface area contributed by atoms with Gasteiger partial charge in [-0.1, -0.05) is 13.3 Å². The number of carbonyl (C=O) groups is 1. The quantitative estimate of drug-likeness (QED) is 0.476. The maximum Gasteiger partial charge on any atom is 0.305 e. The number of carbonyl (C=O) groups excluding carboxylic acids is 1. The molecule has 2 aromatic heterocycles. The largest absolute Gasteiger partial charge is 0.459 e. The molecule has 13 heteroatoms. The molecule has 2 fully saturated rings. The van der Waals surface area contributed by atoms with Gasteiger partial charge in [0.2, 0.25) is 16.0 Å². The predicted molar refractivity (Wildman–Crippen MR) is 133 cm³/mol. The van der Waals surface area contributed by atoms with Crippen LogP contribution in [-0.2, 0) is 26.2 Å². The molecule has 2 aliphatic heterocycles. The number of piperidine rings is 2. The van der Waals surface area contributed by atoms with E-state index < -0.39 is 21.8 Å². The number of nitrogens with zero attached hydrogens (tertiary/aromatic N) is 5. The fourth-order valence-corrected chi connectivity index (χ4v) is 6.65. The van der Waals surface area contributed by atoms with Crippen molar-refractivity contribution in [3.63, 3.8) is 0 Å². The third-order valence-electron chi connectivity index (χ3n) is 6.95. The Bertz CT molecular complexity index is 1190. The van der Waals surface area contributed by atoms with Gasteiger partial charge in [0.1, 0.15) is 12.3 Å². The smallest absolute Gasteiger partial charge is 0.305 e. The van der Waals surface area contributed by atoms with E-state index in [4.69, 9.17) is 4.74 Å². The molecule has 0 aliphatic carbocycles. The summed E-state index contributed by atoms with van der Waals surface area (Å²) in [7, 11) is -1.46. The number of esters is 1. The van der Waals surface area contributed by atoms with E-state index in [-0.39, 0.29) is 54.4 Å². The Balaban J connectivity index is 1.63. The van der Waals surface area contributed by atoms with E-state index in [9.17, 15) is 13.2 Å². The van der Waals surface area contributed by atoms with Gasteiger partial charge in [0, 0.05) is 43.4 Å². The van der Waals surface area contributed by atoms with Crippen molar-refractivity contribution in [3.05, 3.63) is 23.3 Å². The van der Waals surface area contributed by atoms with Gasteiger partial charge in [-0.15, -0.1) is 0 Å². The van der Waals surface area contributed by atoms with Crippen LogP contribution in [0.25, 0.3) is 0 Å². The molecule has 0 radical (unpaired) electrons. The van der Waals surface area contributed by atoms with E-state index in [1.807, 2.05) is 18.9 Å². The van der Waals surface area contributed by atoms with Crippen LogP contribution in [0.2, 0.25) is 0 Å². The van der Waals surface area contributed by atoms with Crippen molar-refractivity contribution < 1.29 is 22.3 Å². The molecule has 198 valence electrons. The van der Waals surface area contributed by atoms with Gasteiger partial charge in [0.15, 0.2) is 17.5 Å². The van der Waals surface area contributed by atoms with Gasteiger partial charge in [-0.05, 0) is 39.5 Å². The summed E-state index contributed by atoms with van der Waals surface area (Å²) in [5.41, 5.74) is 0.747. The zero-order chi connectivity index (χ0) is 26.0. The molecule has 0 unspecified atom stereocenters. The number of H-pyrrole nitrogens is 1. The maximum absolute atomic E-state index is 15.3. The number of fused-ring (bicyclic) bond motifs is 2. The fraction of sp³-hybridized carbons (Fsp3) is 0.652. The highest BCUT2D eigenvalue weighted by atomic mass is 32.2. The zero-order valence-electron chi connectivity index (χ0n) is 21.1. The van der Waals surface area contributed by atoms with Gasteiger partial charge in [-0.25, -0.2) is 17.8 Å². The Labute approximate surface area is 210 Å². The standard InChI is InChI=1S/C23H34FN7O4S/c1-5-20(32)35-13-18-21(24)22(26-19-10-14(3)28-29-19)27-23(25-18)30(4)17-11-15-8-7-9-16(12-17)31(15)36(33,34)6-2/h10,15-17H,5-9,11-13H2,1-4H3,(H2,25,26,27,28,29)/t15-,16+,17-. The minimum absolute atomic E-state index is 0.0272. The van der Waals surface area contributed by atoms with E-state index in [0.29, 0.717) is 18.7 Å². The maximum atomic E-state index is 15.3. The lowest BCUT2D eigenvalue weighted by molar-refractivity contribution is -0.144.